The Labute approximate surface area is 111 Å². The van der Waals surface area contributed by atoms with E-state index in [2.05, 4.69) is 0 Å². The molecular weight excluding hydrogens is 256 g/mol. The first-order valence-electron chi connectivity index (χ1n) is 6.28. The van der Waals surface area contributed by atoms with Gasteiger partial charge in [0, 0.05) is 12.4 Å². The Bertz CT molecular complexity index is 206. The maximum Gasteiger partial charge on any atom is 0.238 e. The van der Waals surface area contributed by atoms with Gasteiger partial charge in [0.2, 0.25) is 5.12 Å². The third-order valence-corrected chi connectivity index (χ3v) is 5.93. The molecule has 0 unspecified atom stereocenters. The quantitative estimate of drug-likeness (QED) is 0.475. The third kappa shape index (κ3) is 8.08. The van der Waals surface area contributed by atoms with Crippen molar-refractivity contribution in [2.75, 3.05) is 49.4 Å². The van der Waals surface area contributed by atoms with Crippen molar-refractivity contribution in [3.05, 3.63) is 0 Å². The zero-order valence-electron chi connectivity index (χ0n) is 10.6. The van der Waals surface area contributed by atoms with Gasteiger partial charge in [-0.1, -0.05) is 11.8 Å². The van der Waals surface area contributed by atoms with Gasteiger partial charge in [0.05, 0.1) is 19.8 Å². The molecule has 1 fully saturated rings. The van der Waals surface area contributed by atoms with Crippen molar-refractivity contribution in [2.45, 2.75) is 19.8 Å². The van der Waals surface area contributed by atoms with Gasteiger partial charge in [0.15, 0.2) is 5.75 Å². The molecule has 0 amide bonds. The monoisotopic (exact) mass is 279 g/mol. The van der Waals surface area contributed by atoms with E-state index in [0.717, 1.165) is 18.1 Å². The van der Waals surface area contributed by atoms with Crippen LogP contribution < -0.4 is 0 Å². The Kier molecular flexibility index (Phi) is 9.24. The molecule has 0 atom stereocenters. The van der Waals surface area contributed by atoms with E-state index < -0.39 is 0 Å². The van der Waals surface area contributed by atoms with Crippen LogP contribution >= 0.6 is 11.8 Å². The van der Waals surface area contributed by atoms with E-state index >= 15 is 0 Å². The number of hydrogen-bond donors (Lipinski definition) is 0. The van der Waals surface area contributed by atoms with Crippen molar-refractivity contribution < 1.29 is 14.3 Å². The van der Waals surface area contributed by atoms with Crippen LogP contribution in [0.3, 0.4) is 0 Å². The van der Waals surface area contributed by atoms with Crippen LogP contribution in [0.15, 0.2) is 0 Å². The third-order valence-electron chi connectivity index (χ3n) is 2.50. The predicted molar refractivity (Wildman–Crippen MR) is 76.0 cm³/mol. The fourth-order valence-electron chi connectivity index (χ4n) is 1.65. The molecule has 0 aliphatic carbocycles. The first kappa shape index (κ1) is 15.3. The summed E-state index contributed by atoms with van der Waals surface area (Å²) in [5, 5.41) is 0.351. The summed E-state index contributed by atoms with van der Waals surface area (Å²) in [6, 6.07) is 0. The summed E-state index contributed by atoms with van der Waals surface area (Å²) in [6.45, 7) is 4.64. The Balaban J connectivity index is 1.86. The standard InChI is InChI=1S/C12H23O3S2/c1-2-14-5-6-15-7-8-16-12(13)11-17-9-3-4-10-17/h2-11H2,1H3/q+1. The smallest absolute Gasteiger partial charge is 0.238 e. The molecule has 100 valence electrons. The molecule has 1 heterocycles. The van der Waals surface area contributed by atoms with Crippen molar-refractivity contribution in [2.24, 2.45) is 0 Å². The van der Waals surface area contributed by atoms with Gasteiger partial charge in [-0.25, -0.2) is 0 Å². The van der Waals surface area contributed by atoms with Gasteiger partial charge < -0.3 is 9.47 Å². The molecule has 0 spiro atoms. The summed E-state index contributed by atoms with van der Waals surface area (Å²) >= 11 is 1.43. The lowest BCUT2D eigenvalue weighted by Crippen LogP contribution is -2.16. The Hall–Kier alpha value is 0.290. The van der Waals surface area contributed by atoms with Gasteiger partial charge in [0.1, 0.15) is 11.5 Å². The first-order chi connectivity index (χ1) is 8.33. The lowest BCUT2D eigenvalue weighted by Gasteiger charge is -2.04. The molecule has 0 aromatic heterocycles. The SMILES string of the molecule is CCOCCOCCSC(=O)C[S+]1CCCC1. The topological polar surface area (TPSA) is 35.5 Å². The normalized spacial score (nSPS) is 16.5. The van der Waals surface area contributed by atoms with E-state index in [1.165, 1.54) is 36.1 Å². The van der Waals surface area contributed by atoms with Gasteiger partial charge in [-0.3, -0.25) is 4.79 Å². The van der Waals surface area contributed by atoms with Crippen molar-refractivity contribution >= 4 is 27.8 Å². The molecule has 3 nitrogen and oxygen atoms in total. The summed E-state index contributed by atoms with van der Waals surface area (Å²) in [4.78, 5) is 11.6. The van der Waals surface area contributed by atoms with E-state index in [0.29, 0.717) is 35.8 Å². The molecule has 1 aliphatic heterocycles. The minimum atomic E-state index is 0.351. The molecule has 0 bridgehead atoms. The Morgan fingerprint density at radius 2 is 1.88 bits per heavy atom. The van der Waals surface area contributed by atoms with Gasteiger partial charge in [-0.05, 0) is 30.7 Å². The van der Waals surface area contributed by atoms with Gasteiger partial charge in [-0.15, -0.1) is 0 Å². The van der Waals surface area contributed by atoms with Crippen LogP contribution in [0.5, 0.6) is 0 Å². The molecule has 0 radical (unpaired) electrons. The first-order valence-corrected chi connectivity index (χ1v) is 9.00. The number of carbonyl (C=O) groups is 1. The average Bonchev–Trinajstić information content (AvgIpc) is 2.80. The van der Waals surface area contributed by atoms with E-state index in [1.807, 2.05) is 6.92 Å². The predicted octanol–water partition coefficient (Wildman–Crippen LogP) is 1.71. The summed E-state index contributed by atoms with van der Waals surface area (Å²) in [6.07, 6.45) is 2.64. The van der Waals surface area contributed by atoms with Crippen LogP contribution in [0, 0.1) is 0 Å². The van der Waals surface area contributed by atoms with Gasteiger partial charge >= 0.3 is 0 Å². The van der Waals surface area contributed by atoms with Crippen LogP contribution in [0.1, 0.15) is 19.8 Å². The minimum Gasteiger partial charge on any atom is -0.379 e. The van der Waals surface area contributed by atoms with Crippen LogP contribution in [-0.4, -0.2) is 54.6 Å². The number of hydrogen-bond acceptors (Lipinski definition) is 4. The highest BCUT2D eigenvalue weighted by Gasteiger charge is 2.26. The van der Waals surface area contributed by atoms with Crippen molar-refractivity contribution in [1.82, 2.24) is 0 Å². The molecule has 1 aliphatic rings. The van der Waals surface area contributed by atoms with Crippen LogP contribution in [0.4, 0.5) is 0 Å². The fraction of sp³-hybridized carbons (Fsp3) is 0.917. The highest BCUT2D eigenvalue weighted by Crippen LogP contribution is 2.16. The van der Waals surface area contributed by atoms with E-state index in [9.17, 15) is 4.79 Å². The lowest BCUT2D eigenvalue weighted by molar-refractivity contribution is -0.108. The van der Waals surface area contributed by atoms with Crippen molar-refractivity contribution in [3.63, 3.8) is 0 Å². The molecule has 1 rings (SSSR count). The molecular formula is C12H23O3S2+. The van der Waals surface area contributed by atoms with E-state index in [4.69, 9.17) is 9.47 Å². The van der Waals surface area contributed by atoms with Gasteiger partial charge in [-0.2, -0.15) is 0 Å². The van der Waals surface area contributed by atoms with E-state index in [1.54, 1.807) is 0 Å². The zero-order chi connectivity index (χ0) is 12.3. The number of ether oxygens (including phenoxy) is 2. The second kappa shape index (κ2) is 10.2. The molecule has 5 heteroatoms. The molecule has 0 saturated carbocycles. The largest absolute Gasteiger partial charge is 0.379 e. The van der Waals surface area contributed by atoms with E-state index in [-0.39, 0.29) is 0 Å². The van der Waals surface area contributed by atoms with Crippen LogP contribution in [0.2, 0.25) is 0 Å². The zero-order valence-corrected chi connectivity index (χ0v) is 12.2. The fourth-order valence-corrected chi connectivity index (χ4v) is 4.96. The number of thioether (sulfide) groups is 1. The number of rotatable bonds is 9. The second-order valence-electron chi connectivity index (χ2n) is 3.90. The average molecular weight is 279 g/mol. The molecule has 17 heavy (non-hydrogen) atoms. The Morgan fingerprint density at radius 1 is 1.18 bits per heavy atom. The van der Waals surface area contributed by atoms with Crippen molar-refractivity contribution in [1.29, 1.82) is 0 Å². The molecule has 0 aromatic rings. The Morgan fingerprint density at radius 3 is 2.59 bits per heavy atom. The molecule has 0 aromatic carbocycles. The van der Waals surface area contributed by atoms with Crippen LogP contribution in [0.25, 0.3) is 0 Å². The summed E-state index contributed by atoms with van der Waals surface area (Å²) < 4.78 is 10.5. The van der Waals surface area contributed by atoms with Crippen LogP contribution in [-0.2, 0) is 25.2 Å². The highest BCUT2D eigenvalue weighted by atomic mass is 32.2. The number of carbonyl (C=O) groups excluding carboxylic acids is 1. The second-order valence-corrected chi connectivity index (χ2v) is 7.38. The molecule has 0 N–H and O–H groups in total. The summed E-state index contributed by atoms with van der Waals surface area (Å²) in [7, 11) is 0.400. The van der Waals surface area contributed by atoms with Crippen molar-refractivity contribution in [3.8, 4) is 0 Å². The summed E-state index contributed by atoms with van der Waals surface area (Å²) in [5.41, 5.74) is 0. The lowest BCUT2D eigenvalue weighted by atomic mass is 10.4. The highest BCUT2D eigenvalue weighted by molar-refractivity contribution is 8.15. The maximum absolute atomic E-state index is 11.6. The molecule has 1 saturated heterocycles. The summed E-state index contributed by atoms with van der Waals surface area (Å²) in [5.74, 6) is 4.13. The minimum absolute atomic E-state index is 0.351. The maximum atomic E-state index is 11.6. The van der Waals surface area contributed by atoms with Gasteiger partial charge in [0.25, 0.3) is 0 Å².